The van der Waals surface area contributed by atoms with Crippen molar-refractivity contribution in [3.63, 3.8) is 0 Å². The van der Waals surface area contributed by atoms with Crippen LogP contribution in [0.1, 0.15) is 19.3 Å². The Morgan fingerprint density at radius 1 is 1.32 bits per heavy atom. The minimum absolute atomic E-state index is 0.0830. The smallest absolute Gasteiger partial charge is 0.324 e. The Kier molecular flexibility index (Phi) is 8.47. The second kappa shape index (κ2) is 10.9. The van der Waals surface area contributed by atoms with Gasteiger partial charge in [-0.25, -0.2) is 4.79 Å². The fourth-order valence-electron chi connectivity index (χ4n) is 2.73. The molecule has 2 saturated heterocycles. The SMILES string of the molecule is CN=C(NCCCOCC1CCOCC1)NCCN1C(=O)CNC1=O. The summed E-state index contributed by atoms with van der Waals surface area (Å²) in [4.78, 5) is 28.2. The Labute approximate surface area is 148 Å². The van der Waals surface area contributed by atoms with E-state index in [0.717, 1.165) is 45.6 Å². The monoisotopic (exact) mass is 355 g/mol. The molecule has 3 N–H and O–H groups in total. The van der Waals surface area contributed by atoms with Crippen molar-refractivity contribution in [2.24, 2.45) is 10.9 Å². The summed E-state index contributed by atoms with van der Waals surface area (Å²) in [5.41, 5.74) is 0. The van der Waals surface area contributed by atoms with Gasteiger partial charge < -0.3 is 25.4 Å². The molecule has 2 fully saturated rings. The highest BCUT2D eigenvalue weighted by Crippen LogP contribution is 2.14. The zero-order chi connectivity index (χ0) is 17.9. The van der Waals surface area contributed by atoms with Gasteiger partial charge in [-0.3, -0.25) is 14.7 Å². The first-order valence-corrected chi connectivity index (χ1v) is 8.89. The van der Waals surface area contributed by atoms with Crippen molar-refractivity contribution in [2.45, 2.75) is 19.3 Å². The van der Waals surface area contributed by atoms with E-state index in [0.29, 0.717) is 31.6 Å². The molecular formula is C16H29N5O4. The Morgan fingerprint density at radius 2 is 2.08 bits per heavy atom. The fraction of sp³-hybridized carbons (Fsp3) is 0.812. The zero-order valence-electron chi connectivity index (χ0n) is 14.9. The third-order valence-corrected chi connectivity index (χ3v) is 4.24. The van der Waals surface area contributed by atoms with Crippen LogP contribution < -0.4 is 16.0 Å². The molecule has 9 heteroatoms. The molecule has 2 heterocycles. The van der Waals surface area contributed by atoms with Crippen LogP contribution in [0, 0.1) is 5.92 Å². The van der Waals surface area contributed by atoms with Crippen molar-refractivity contribution in [1.82, 2.24) is 20.9 Å². The van der Waals surface area contributed by atoms with Crippen molar-refractivity contribution in [2.75, 3.05) is 59.7 Å². The Hall–Kier alpha value is -1.87. The van der Waals surface area contributed by atoms with Crippen molar-refractivity contribution in [3.05, 3.63) is 0 Å². The molecule has 2 aliphatic rings. The van der Waals surface area contributed by atoms with Crippen LogP contribution in [0.5, 0.6) is 0 Å². The summed E-state index contributed by atoms with van der Waals surface area (Å²) in [6.07, 6.45) is 3.07. The summed E-state index contributed by atoms with van der Waals surface area (Å²) in [6, 6.07) is -0.337. The summed E-state index contributed by atoms with van der Waals surface area (Å²) >= 11 is 0. The number of carbonyl (C=O) groups excluding carboxylic acids is 2. The molecule has 2 aliphatic heterocycles. The van der Waals surface area contributed by atoms with Gasteiger partial charge >= 0.3 is 6.03 Å². The quantitative estimate of drug-likeness (QED) is 0.224. The van der Waals surface area contributed by atoms with Crippen LogP contribution in [0.4, 0.5) is 4.79 Å². The van der Waals surface area contributed by atoms with Crippen molar-refractivity contribution in [3.8, 4) is 0 Å². The van der Waals surface area contributed by atoms with Crippen LogP contribution in [0.15, 0.2) is 4.99 Å². The minimum atomic E-state index is -0.337. The molecule has 0 aromatic heterocycles. The fourth-order valence-corrected chi connectivity index (χ4v) is 2.73. The first kappa shape index (κ1) is 19.5. The van der Waals surface area contributed by atoms with Gasteiger partial charge in [0.15, 0.2) is 5.96 Å². The summed E-state index contributed by atoms with van der Waals surface area (Å²) in [5, 5.41) is 8.77. The van der Waals surface area contributed by atoms with Gasteiger partial charge in [-0.2, -0.15) is 0 Å². The third kappa shape index (κ3) is 6.87. The number of nitrogens with zero attached hydrogens (tertiary/aromatic N) is 2. The molecule has 142 valence electrons. The highest BCUT2D eigenvalue weighted by molar-refractivity contribution is 6.01. The highest BCUT2D eigenvalue weighted by atomic mass is 16.5. The number of hydrogen-bond donors (Lipinski definition) is 3. The lowest BCUT2D eigenvalue weighted by Gasteiger charge is -2.21. The van der Waals surface area contributed by atoms with Gasteiger partial charge in [0.05, 0.1) is 6.54 Å². The lowest BCUT2D eigenvalue weighted by molar-refractivity contribution is -0.124. The predicted molar refractivity (Wildman–Crippen MR) is 93.5 cm³/mol. The van der Waals surface area contributed by atoms with E-state index in [1.54, 1.807) is 7.05 Å². The number of nitrogens with one attached hydrogen (secondary N) is 3. The van der Waals surface area contributed by atoms with Crippen LogP contribution in [0.2, 0.25) is 0 Å². The lowest BCUT2D eigenvalue weighted by Crippen LogP contribution is -2.43. The van der Waals surface area contributed by atoms with Crippen LogP contribution in [-0.2, 0) is 14.3 Å². The Balaban J connectivity index is 1.48. The van der Waals surface area contributed by atoms with Gasteiger partial charge in [0.1, 0.15) is 0 Å². The van der Waals surface area contributed by atoms with E-state index in [-0.39, 0.29) is 18.5 Å². The average Bonchev–Trinajstić information content (AvgIpc) is 2.95. The lowest BCUT2D eigenvalue weighted by atomic mass is 10.0. The van der Waals surface area contributed by atoms with E-state index in [1.165, 1.54) is 4.90 Å². The molecule has 0 atom stereocenters. The minimum Gasteiger partial charge on any atom is -0.381 e. The van der Waals surface area contributed by atoms with Crippen molar-refractivity contribution in [1.29, 1.82) is 0 Å². The van der Waals surface area contributed by atoms with Gasteiger partial charge in [-0.05, 0) is 25.2 Å². The van der Waals surface area contributed by atoms with Gasteiger partial charge in [0.25, 0.3) is 0 Å². The number of urea groups is 1. The van der Waals surface area contributed by atoms with Gasteiger partial charge in [0, 0.05) is 53.1 Å². The standard InChI is InChI=1S/C16H29N5O4/c1-17-15(19-6-7-21-14(22)11-20-16(21)23)18-5-2-8-25-12-13-3-9-24-10-4-13/h13H,2-12H2,1H3,(H,20,23)(H2,17,18,19). The molecule has 25 heavy (non-hydrogen) atoms. The predicted octanol–water partition coefficient (Wildman–Crippen LogP) is -0.463. The maximum atomic E-state index is 11.5. The number of hydrogen-bond acceptors (Lipinski definition) is 5. The highest BCUT2D eigenvalue weighted by Gasteiger charge is 2.27. The van der Waals surface area contributed by atoms with E-state index in [1.807, 2.05) is 0 Å². The van der Waals surface area contributed by atoms with Crippen LogP contribution in [0.3, 0.4) is 0 Å². The molecule has 0 bridgehead atoms. The van der Waals surface area contributed by atoms with E-state index in [9.17, 15) is 9.59 Å². The van der Waals surface area contributed by atoms with Crippen LogP contribution in [0.25, 0.3) is 0 Å². The number of guanidine groups is 1. The van der Waals surface area contributed by atoms with Crippen molar-refractivity contribution < 1.29 is 19.1 Å². The van der Waals surface area contributed by atoms with E-state index in [2.05, 4.69) is 20.9 Å². The molecule has 0 saturated carbocycles. The summed E-state index contributed by atoms with van der Waals surface area (Å²) in [6.45, 7) is 4.82. The van der Waals surface area contributed by atoms with Gasteiger partial charge in [0.2, 0.25) is 5.91 Å². The largest absolute Gasteiger partial charge is 0.381 e. The molecule has 0 aromatic carbocycles. The summed E-state index contributed by atoms with van der Waals surface area (Å²) < 4.78 is 11.0. The molecule has 0 radical (unpaired) electrons. The molecular weight excluding hydrogens is 326 g/mol. The van der Waals surface area contributed by atoms with E-state index in [4.69, 9.17) is 9.47 Å². The third-order valence-electron chi connectivity index (χ3n) is 4.24. The second-order valence-electron chi connectivity index (χ2n) is 6.11. The summed E-state index contributed by atoms with van der Waals surface area (Å²) in [5.74, 6) is 1.08. The molecule has 9 nitrogen and oxygen atoms in total. The molecule has 0 spiro atoms. The number of carbonyl (C=O) groups is 2. The number of ether oxygens (including phenoxy) is 2. The zero-order valence-corrected chi connectivity index (χ0v) is 14.9. The Morgan fingerprint density at radius 3 is 2.76 bits per heavy atom. The molecule has 2 rings (SSSR count). The number of rotatable bonds is 9. The number of imide groups is 1. The average molecular weight is 355 g/mol. The van der Waals surface area contributed by atoms with Gasteiger partial charge in [-0.1, -0.05) is 0 Å². The van der Waals surface area contributed by atoms with E-state index >= 15 is 0 Å². The first-order valence-electron chi connectivity index (χ1n) is 8.89. The van der Waals surface area contributed by atoms with Crippen LogP contribution in [-0.4, -0.2) is 82.5 Å². The maximum absolute atomic E-state index is 11.5. The van der Waals surface area contributed by atoms with E-state index < -0.39 is 0 Å². The summed E-state index contributed by atoms with van der Waals surface area (Å²) in [7, 11) is 1.69. The molecule has 0 aliphatic carbocycles. The molecule has 0 unspecified atom stereocenters. The molecule has 0 aromatic rings. The maximum Gasteiger partial charge on any atom is 0.324 e. The topological polar surface area (TPSA) is 104 Å². The Bertz CT molecular complexity index is 449. The number of aliphatic imine (C=N–C) groups is 1. The number of amides is 3. The first-order chi connectivity index (χ1) is 12.2. The van der Waals surface area contributed by atoms with Crippen LogP contribution >= 0.6 is 0 Å². The van der Waals surface area contributed by atoms with Gasteiger partial charge in [-0.15, -0.1) is 0 Å². The molecule has 3 amide bonds. The van der Waals surface area contributed by atoms with Crippen molar-refractivity contribution >= 4 is 17.9 Å². The second-order valence-corrected chi connectivity index (χ2v) is 6.11. The normalized spacial score (nSPS) is 19.2.